The Morgan fingerprint density at radius 2 is 1.89 bits per heavy atom. The molecular weight excluding hydrogens is 232 g/mol. The molecule has 2 nitrogen and oxygen atoms in total. The third kappa shape index (κ3) is 5.43. The van der Waals surface area contributed by atoms with E-state index in [9.17, 15) is 0 Å². The average Bonchev–Trinajstić information content (AvgIpc) is 2.42. The first-order valence-corrected chi connectivity index (χ1v) is 8.77. The second-order valence-electron chi connectivity index (χ2n) is 6.96. The van der Waals surface area contributed by atoms with Crippen molar-refractivity contribution in [1.82, 2.24) is 10.6 Å². The van der Waals surface area contributed by atoms with E-state index in [1.165, 1.54) is 70.8 Å². The van der Waals surface area contributed by atoms with E-state index in [-0.39, 0.29) is 0 Å². The van der Waals surface area contributed by atoms with Crippen molar-refractivity contribution in [2.75, 3.05) is 6.54 Å². The van der Waals surface area contributed by atoms with Gasteiger partial charge in [0.15, 0.2) is 0 Å². The summed E-state index contributed by atoms with van der Waals surface area (Å²) in [4.78, 5) is 0. The summed E-state index contributed by atoms with van der Waals surface area (Å²) in [5, 5.41) is 7.56. The average molecular weight is 266 g/mol. The Kier molecular flexibility index (Phi) is 6.66. The lowest BCUT2D eigenvalue weighted by Crippen LogP contribution is -2.44. The summed E-state index contributed by atoms with van der Waals surface area (Å²) >= 11 is 0. The highest BCUT2D eigenvalue weighted by Gasteiger charge is 2.23. The molecule has 2 rings (SSSR count). The molecule has 19 heavy (non-hydrogen) atoms. The molecule has 112 valence electrons. The van der Waals surface area contributed by atoms with Crippen LogP contribution in [0.4, 0.5) is 0 Å². The van der Waals surface area contributed by atoms with Crippen molar-refractivity contribution in [1.29, 1.82) is 0 Å². The Morgan fingerprint density at radius 3 is 2.53 bits per heavy atom. The van der Waals surface area contributed by atoms with E-state index in [4.69, 9.17) is 0 Å². The van der Waals surface area contributed by atoms with Gasteiger partial charge in [-0.15, -0.1) is 0 Å². The molecule has 2 atom stereocenters. The van der Waals surface area contributed by atoms with Crippen molar-refractivity contribution < 1.29 is 0 Å². The van der Waals surface area contributed by atoms with E-state index >= 15 is 0 Å². The van der Waals surface area contributed by atoms with Crippen molar-refractivity contribution in [2.45, 2.75) is 96.2 Å². The molecule has 0 radical (unpaired) electrons. The molecule has 2 N–H and O–H groups in total. The molecule has 1 aliphatic carbocycles. The van der Waals surface area contributed by atoms with Crippen LogP contribution in [0.3, 0.4) is 0 Å². The van der Waals surface area contributed by atoms with Crippen LogP contribution in [0.15, 0.2) is 0 Å². The van der Waals surface area contributed by atoms with E-state index < -0.39 is 0 Å². The van der Waals surface area contributed by atoms with Gasteiger partial charge in [-0.1, -0.05) is 26.2 Å². The minimum absolute atomic E-state index is 0.684. The Hall–Kier alpha value is -0.0800. The molecule has 0 aromatic carbocycles. The summed E-state index contributed by atoms with van der Waals surface area (Å²) in [7, 11) is 0. The van der Waals surface area contributed by atoms with Gasteiger partial charge in [-0.05, 0) is 64.3 Å². The minimum Gasteiger partial charge on any atom is -0.314 e. The number of piperidine rings is 1. The molecule has 2 aliphatic rings. The van der Waals surface area contributed by atoms with Gasteiger partial charge in [0.25, 0.3) is 0 Å². The lowest BCUT2D eigenvalue weighted by atomic mass is 9.83. The van der Waals surface area contributed by atoms with Crippen molar-refractivity contribution in [3.63, 3.8) is 0 Å². The van der Waals surface area contributed by atoms with Gasteiger partial charge in [0.2, 0.25) is 0 Å². The molecule has 0 aromatic heterocycles. The molecule has 2 heteroatoms. The summed E-state index contributed by atoms with van der Waals surface area (Å²) in [6.07, 6.45) is 14.1. The third-order valence-electron chi connectivity index (χ3n) is 5.11. The highest BCUT2D eigenvalue weighted by molar-refractivity contribution is 4.82. The number of hydrogen-bond donors (Lipinski definition) is 2. The Labute approximate surface area is 120 Å². The van der Waals surface area contributed by atoms with E-state index in [1.807, 2.05) is 0 Å². The number of rotatable bonds is 6. The van der Waals surface area contributed by atoms with Crippen LogP contribution < -0.4 is 10.6 Å². The maximum absolute atomic E-state index is 3.89. The molecule has 2 fully saturated rings. The second-order valence-corrected chi connectivity index (χ2v) is 6.96. The highest BCUT2D eigenvalue weighted by Crippen LogP contribution is 2.28. The smallest absolute Gasteiger partial charge is 0.00817 e. The molecule has 1 saturated carbocycles. The standard InChI is InChI=1S/C17H34N2/c1-3-6-15-8-10-16(11-9-15)19-14(2)13-17-7-4-5-12-18-17/h14-19H,3-13H2,1-2H3. The van der Waals surface area contributed by atoms with Gasteiger partial charge in [0.05, 0.1) is 0 Å². The fourth-order valence-corrected chi connectivity index (χ4v) is 4.05. The normalized spacial score (nSPS) is 34.1. The first-order chi connectivity index (χ1) is 9.28. The summed E-state index contributed by atoms with van der Waals surface area (Å²) in [6, 6.07) is 2.25. The minimum atomic E-state index is 0.684. The van der Waals surface area contributed by atoms with Crippen LogP contribution in [0.1, 0.15) is 78.1 Å². The maximum Gasteiger partial charge on any atom is 0.00817 e. The Morgan fingerprint density at radius 1 is 1.11 bits per heavy atom. The monoisotopic (exact) mass is 266 g/mol. The van der Waals surface area contributed by atoms with Crippen molar-refractivity contribution in [3.05, 3.63) is 0 Å². The van der Waals surface area contributed by atoms with Gasteiger partial charge >= 0.3 is 0 Å². The summed E-state index contributed by atoms with van der Waals surface area (Å²) in [5.41, 5.74) is 0. The maximum atomic E-state index is 3.89. The van der Waals surface area contributed by atoms with E-state index in [0.29, 0.717) is 6.04 Å². The SMILES string of the molecule is CCCC1CCC(NC(C)CC2CCCCN2)CC1. The predicted molar refractivity (Wildman–Crippen MR) is 83.5 cm³/mol. The summed E-state index contributed by atoms with van der Waals surface area (Å²) in [6.45, 7) is 5.94. The fourth-order valence-electron chi connectivity index (χ4n) is 4.05. The zero-order valence-corrected chi connectivity index (χ0v) is 13.1. The van der Waals surface area contributed by atoms with Gasteiger partial charge in [0, 0.05) is 18.1 Å². The van der Waals surface area contributed by atoms with Crippen LogP contribution in [0.25, 0.3) is 0 Å². The van der Waals surface area contributed by atoms with E-state index in [0.717, 1.165) is 18.0 Å². The molecule has 2 unspecified atom stereocenters. The Bertz CT molecular complexity index is 227. The summed E-state index contributed by atoms with van der Waals surface area (Å²) in [5.74, 6) is 1.03. The van der Waals surface area contributed by atoms with E-state index in [1.54, 1.807) is 0 Å². The van der Waals surface area contributed by atoms with Crippen LogP contribution in [-0.2, 0) is 0 Å². The van der Waals surface area contributed by atoms with Crippen molar-refractivity contribution in [2.24, 2.45) is 5.92 Å². The van der Waals surface area contributed by atoms with Gasteiger partial charge in [-0.2, -0.15) is 0 Å². The lowest BCUT2D eigenvalue weighted by molar-refractivity contribution is 0.252. The first-order valence-electron chi connectivity index (χ1n) is 8.77. The van der Waals surface area contributed by atoms with Gasteiger partial charge < -0.3 is 10.6 Å². The molecule has 0 spiro atoms. The van der Waals surface area contributed by atoms with Crippen LogP contribution in [0.5, 0.6) is 0 Å². The van der Waals surface area contributed by atoms with Crippen LogP contribution in [0.2, 0.25) is 0 Å². The Balaban J connectivity index is 1.61. The molecule has 1 aliphatic heterocycles. The predicted octanol–water partition coefficient (Wildman–Crippen LogP) is 3.86. The van der Waals surface area contributed by atoms with E-state index in [2.05, 4.69) is 24.5 Å². The van der Waals surface area contributed by atoms with Gasteiger partial charge in [-0.3, -0.25) is 0 Å². The van der Waals surface area contributed by atoms with Crippen LogP contribution in [0, 0.1) is 5.92 Å². The van der Waals surface area contributed by atoms with Crippen LogP contribution >= 0.6 is 0 Å². The van der Waals surface area contributed by atoms with Gasteiger partial charge in [-0.25, -0.2) is 0 Å². The first kappa shape index (κ1) is 15.3. The quantitative estimate of drug-likeness (QED) is 0.763. The third-order valence-corrected chi connectivity index (χ3v) is 5.11. The molecule has 0 aromatic rings. The zero-order chi connectivity index (χ0) is 13.5. The lowest BCUT2D eigenvalue weighted by Gasteiger charge is -2.33. The highest BCUT2D eigenvalue weighted by atomic mass is 15.0. The van der Waals surface area contributed by atoms with Crippen LogP contribution in [-0.4, -0.2) is 24.7 Å². The van der Waals surface area contributed by atoms with Crippen molar-refractivity contribution in [3.8, 4) is 0 Å². The zero-order valence-electron chi connectivity index (χ0n) is 13.1. The molecule has 1 heterocycles. The molecule has 1 saturated heterocycles. The van der Waals surface area contributed by atoms with Crippen molar-refractivity contribution >= 4 is 0 Å². The number of nitrogens with one attached hydrogen (secondary N) is 2. The fraction of sp³-hybridized carbons (Fsp3) is 1.00. The topological polar surface area (TPSA) is 24.1 Å². The van der Waals surface area contributed by atoms with Gasteiger partial charge in [0.1, 0.15) is 0 Å². The second kappa shape index (κ2) is 8.26. The number of hydrogen-bond acceptors (Lipinski definition) is 2. The molecule has 0 amide bonds. The molecule has 0 bridgehead atoms. The summed E-state index contributed by atoms with van der Waals surface area (Å²) < 4.78 is 0. The molecular formula is C17H34N2. The largest absolute Gasteiger partial charge is 0.314 e.